The average Bonchev–Trinajstić information content (AvgIpc) is 2.61. The first kappa shape index (κ1) is 11.9. The van der Waals surface area contributed by atoms with Crippen LogP contribution in [-0.4, -0.2) is 22.9 Å². The zero-order valence-electron chi connectivity index (χ0n) is 10.2. The van der Waals surface area contributed by atoms with E-state index in [0.29, 0.717) is 12.2 Å². The van der Waals surface area contributed by atoms with Crippen molar-refractivity contribution in [1.29, 1.82) is 0 Å². The highest BCUT2D eigenvalue weighted by Crippen LogP contribution is 2.30. The summed E-state index contributed by atoms with van der Waals surface area (Å²) in [6, 6.07) is 3.92. The van der Waals surface area contributed by atoms with E-state index >= 15 is 0 Å². The Kier molecular flexibility index (Phi) is 2.81. The van der Waals surface area contributed by atoms with Crippen molar-refractivity contribution >= 4 is 11.6 Å². The first-order valence-electron chi connectivity index (χ1n) is 5.79. The number of benzene rings is 1. The summed E-state index contributed by atoms with van der Waals surface area (Å²) in [6.07, 6.45) is 1.95. The fraction of sp³-hybridized carbons (Fsp3) is 0.462. The third-order valence-electron chi connectivity index (χ3n) is 3.39. The fourth-order valence-electron chi connectivity index (χ4n) is 2.34. The van der Waals surface area contributed by atoms with E-state index in [1.165, 1.54) is 18.2 Å². The van der Waals surface area contributed by atoms with Crippen molar-refractivity contribution in [3.63, 3.8) is 0 Å². The smallest absolute Gasteiger partial charge is 0.256 e. The van der Waals surface area contributed by atoms with Crippen LogP contribution >= 0.6 is 0 Å². The highest BCUT2D eigenvalue weighted by atomic mass is 19.1. The van der Waals surface area contributed by atoms with Crippen LogP contribution in [-0.2, 0) is 0 Å². The van der Waals surface area contributed by atoms with Gasteiger partial charge in [0.2, 0.25) is 0 Å². The van der Waals surface area contributed by atoms with E-state index in [1.807, 2.05) is 13.8 Å². The summed E-state index contributed by atoms with van der Waals surface area (Å²) in [4.78, 5) is 14.1. The van der Waals surface area contributed by atoms with Gasteiger partial charge in [-0.05, 0) is 44.9 Å². The molecule has 0 spiro atoms. The minimum absolute atomic E-state index is 0.171. The van der Waals surface area contributed by atoms with Crippen molar-refractivity contribution < 1.29 is 9.18 Å². The van der Waals surface area contributed by atoms with Crippen LogP contribution in [0.4, 0.5) is 10.1 Å². The highest BCUT2D eigenvalue weighted by molar-refractivity contribution is 5.99. The number of halogens is 1. The largest absolute Gasteiger partial charge is 0.398 e. The van der Waals surface area contributed by atoms with Gasteiger partial charge in [0.1, 0.15) is 5.82 Å². The van der Waals surface area contributed by atoms with Gasteiger partial charge in [-0.3, -0.25) is 4.79 Å². The number of hydrogen-bond acceptors (Lipinski definition) is 2. The van der Waals surface area contributed by atoms with Gasteiger partial charge in [0.15, 0.2) is 0 Å². The van der Waals surface area contributed by atoms with Crippen LogP contribution in [0.3, 0.4) is 0 Å². The van der Waals surface area contributed by atoms with E-state index in [9.17, 15) is 9.18 Å². The molecule has 1 saturated heterocycles. The lowest BCUT2D eigenvalue weighted by atomic mass is 10.0. The Morgan fingerprint density at radius 3 is 2.76 bits per heavy atom. The molecule has 0 radical (unpaired) electrons. The molecule has 0 unspecified atom stereocenters. The zero-order chi connectivity index (χ0) is 12.6. The molecule has 0 atom stereocenters. The normalized spacial score (nSPS) is 18.4. The minimum Gasteiger partial charge on any atom is -0.398 e. The topological polar surface area (TPSA) is 46.3 Å². The summed E-state index contributed by atoms with van der Waals surface area (Å²) in [5.41, 5.74) is 6.16. The Hall–Kier alpha value is -1.58. The summed E-state index contributed by atoms with van der Waals surface area (Å²) in [6.45, 7) is 4.75. The number of nitrogen functional groups attached to an aromatic ring is 1. The molecule has 1 aromatic rings. The molecule has 1 aliphatic rings. The van der Waals surface area contributed by atoms with E-state index < -0.39 is 5.82 Å². The van der Waals surface area contributed by atoms with Gasteiger partial charge in [-0.25, -0.2) is 4.39 Å². The van der Waals surface area contributed by atoms with Crippen molar-refractivity contribution in [3.8, 4) is 0 Å². The van der Waals surface area contributed by atoms with Crippen molar-refractivity contribution in [2.24, 2.45) is 0 Å². The summed E-state index contributed by atoms with van der Waals surface area (Å²) >= 11 is 0. The van der Waals surface area contributed by atoms with Crippen molar-refractivity contribution in [1.82, 2.24) is 4.90 Å². The molecule has 2 N–H and O–H groups in total. The summed E-state index contributed by atoms with van der Waals surface area (Å²) in [5.74, 6) is -0.607. The SMILES string of the molecule is CC1(C)CCCN1C(=O)c1cc(F)ccc1N. The predicted molar refractivity (Wildman–Crippen MR) is 65.2 cm³/mol. The molecular formula is C13H17FN2O. The highest BCUT2D eigenvalue weighted by Gasteiger charge is 2.36. The molecule has 92 valence electrons. The molecule has 1 heterocycles. The van der Waals surface area contributed by atoms with Gasteiger partial charge < -0.3 is 10.6 Å². The third-order valence-corrected chi connectivity index (χ3v) is 3.39. The van der Waals surface area contributed by atoms with Crippen LogP contribution < -0.4 is 5.73 Å². The molecule has 0 aliphatic carbocycles. The van der Waals surface area contributed by atoms with Crippen molar-refractivity contribution in [3.05, 3.63) is 29.6 Å². The van der Waals surface area contributed by atoms with Gasteiger partial charge in [-0.2, -0.15) is 0 Å². The van der Waals surface area contributed by atoms with E-state index in [2.05, 4.69) is 0 Å². The van der Waals surface area contributed by atoms with E-state index in [1.54, 1.807) is 4.90 Å². The van der Waals surface area contributed by atoms with Gasteiger partial charge in [0, 0.05) is 17.8 Å². The Bertz CT molecular complexity index is 457. The van der Waals surface area contributed by atoms with Crippen molar-refractivity contribution in [2.45, 2.75) is 32.2 Å². The zero-order valence-corrected chi connectivity index (χ0v) is 10.2. The molecule has 0 saturated carbocycles. The quantitative estimate of drug-likeness (QED) is 0.761. The first-order valence-corrected chi connectivity index (χ1v) is 5.79. The number of nitrogens with two attached hydrogens (primary N) is 1. The maximum absolute atomic E-state index is 13.2. The molecule has 3 nitrogen and oxygen atoms in total. The molecule has 2 rings (SSSR count). The maximum atomic E-state index is 13.2. The lowest BCUT2D eigenvalue weighted by molar-refractivity contribution is 0.0652. The molecule has 0 aromatic heterocycles. The Morgan fingerprint density at radius 2 is 2.18 bits per heavy atom. The lowest BCUT2D eigenvalue weighted by Gasteiger charge is -2.32. The summed E-state index contributed by atoms with van der Waals surface area (Å²) < 4.78 is 13.2. The van der Waals surface area contributed by atoms with Crippen LogP contribution in [0.2, 0.25) is 0 Å². The molecule has 0 bridgehead atoms. The van der Waals surface area contributed by atoms with Gasteiger partial charge in [0.25, 0.3) is 5.91 Å². The standard InChI is InChI=1S/C13H17FN2O/c1-13(2)6-3-7-16(13)12(17)10-8-9(14)4-5-11(10)15/h4-5,8H,3,6-7,15H2,1-2H3. The molecule has 1 aliphatic heterocycles. The monoisotopic (exact) mass is 236 g/mol. The minimum atomic E-state index is -0.431. The number of rotatable bonds is 1. The molecule has 17 heavy (non-hydrogen) atoms. The number of carbonyl (C=O) groups excluding carboxylic acids is 1. The fourth-order valence-corrected chi connectivity index (χ4v) is 2.34. The van der Waals surface area contributed by atoms with Gasteiger partial charge in [-0.15, -0.1) is 0 Å². The average molecular weight is 236 g/mol. The van der Waals surface area contributed by atoms with Gasteiger partial charge in [0.05, 0.1) is 5.56 Å². The molecule has 1 amide bonds. The Balaban J connectivity index is 2.34. The van der Waals surface area contributed by atoms with Crippen LogP contribution in [0.1, 0.15) is 37.0 Å². The summed E-state index contributed by atoms with van der Waals surface area (Å²) in [7, 11) is 0. The number of hydrogen-bond donors (Lipinski definition) is 1. The van der Waals surface area contributed by atoms with Crippen LogP contribution in [0.25, 0.3) is 0 Å². The second-order valence-electron chi connectivity index (χ2n) is 5.10. The second-order valence-corrected chi connectivity index (χ2v) is 5.10. The van der Waals surface area contributed by atoms with Gasteiger partial charge >= 0.3 is 0 Å². The Morgan fingerprint density at radius 1 is 1.47 bits per heavy atom. The first-order chi connectivity index (χ1) is 7.92. The maximum Gasteiger partial charge on any atom is 0.256 e. The van der Waals surface area contributed by atoms with Crippen LogP contribution in [0.15, 0.2) is 18.2 Å². The van der Waals surface area contributed by atoms with Crippen molar-refractivity contribution in [2.75, 3.05) is 12.3 Å². The number of likely N-dealkylation sites (tertiary alicyclic amines) is 1. The number of anilines is 1. The second kappa shape index (κ2) is 4.02. The number of carbonyl (C=O) groups is 1. The molecule has 4 heteroatoms. The molecule has 1 aromatic carbocycles. The van der Waals surface area contributed by atoms with E-state index in [0.717, 1.165) is 12.8 Å². The molecule has 1 fully saturated rings. The van der Waals surface area contributed by atoms with E-state index in [-0.39, 0.29) is 17.0 Å². The third kappa shape index (κ3) is 2.12. The number of nitrogens with zero attached hydrogens (tertiary/aromatic N) is 1. The molecular weight excluding hydrogens is 219 g/mol. The predicted octanol–water partition coefficient (Wildman–Crippen LogP) is 2.42. The Labute approximate surface area is 100 Å². The van der Waals surface area contributed by atoms with Crippen LogP contribution in [0.5, 0.6) is 0 Å². The van der Waals surface area contributed by atoms with Gasteiger partial charge in [-0.1, -0.05) is 0 Å². The number of amides is 1. The summed E-state index contributed by atoms with van der Waals surface area (Å²) in [5, 5.41) is 0. The lowest BCUT2D eigenvalue weighted by Crippen LogP contribution is -2.42. The van der Waals surface area contributed by atoms with E-state index in [4.69, 9.17) is 5.73 Å². The van der Waals surface area contributed by atoms with Crippen LogP contribution in [0, 0.1) is 5.82 Å².